The predicted molar refractivity (Wildman–Crippen MR) is 60.3 cm³/mol. The average Bonchev–Trinajstić information content (AvgIpc) is 2.18. The van der Waals surface area contributed by atoms with Gasteiger partial charge >= 0.3 is 0 Å². The molecule has 1 unspecified atom stereocenters. The van der Waals surface area contributed by atoms with Crippen molar-refractivity contribution >= 4 is 0 Å². The van der Waals surface area contributed by atoms with Crippen molar-refractivity contribution in [2.45, 2.75) is 31.7 Å². The van der Waals surface area contributed by atoms with Gasteiger partial charge in [-0.05, 0) is 43.9 Å². The molecule has 0 aliphatic heterocycles. The van der Waals surface area contributed by atoms with E-state index in [2.05, 4.69) is 5.32 Å². The molecule has 0 bridgehead atoms. The van der Waals surface area contributed by atoms with Gasteiger partial charge in [-0.25, -0.2) is 8.78 Å². The summed E-state index contributed by atoms with van der Waals surface area (Å²) < 4.78 is 26.2. The lowest BCUT2D eigenvalue weighted by Gasteiger charge is -2.33. The first-order valence-electron chi connectivity index (χ1n) is 5.82. The van der Waals surface area contributed by atoms with Gasteiger partial charge in [-0.2, -0.15) is 0 Å². The summed E-state index contributed by atoms with van der Waals surface area (Å²) >= 11 is 0. The number of rotatable bonds is 4. The first-order chi connectivity index (χ1) is 7.70. The van der Waals surface area contributed by atoms with Crippen molar-refractivity contribution in [3.8, 4) is 0 Å². The Balaban J connectivity index is 2.06. The van der Waals surface area contributed by atoms with E-state index in [-0.39, 0.29) is 0 Å². The number of hydrogen-bond donors (Lipinski definition) is 1. The maximum absolute atomic E-state index is 13.5. The lowest BCUT2D eigenvalue weighted by molar-refractivity contribution is 0.234. The Hall–Kier alpha value is -0.960. The van der Waals surface area contributed by atoms with Gasteiger partial charge in [0, 0.05) is 12.1 Å². The molecule has 0 saturated heterocycles. The van der Waals surface area contributed by atoms with Crippen molar-refractivity contribution < 1.29 is 8.78 Å². The topological polar surface area (TPSA) is 12.0 Å². The molecule has 16 heavy (non-hydrogen) atoms. The van der Waals surface area contributed by atoms with E-state index in [0.29, 0.717) is 23.9 Å². The number of likely N-dealkylation sites (N-methyl/N-ethyl adjacent to an activating group) is 1. The van der Waals surface area contributed by atoms with Crippen LogP contribution in [-0.4, -0.2) is 13.1 Å². The summed E-state index contributed by atoms with van der Waals surface area (Å²) in [5.74, 6) is -0.292. The largest absolute Gasteiger partial charge is 0.316 e. The predicted octanol–water partition coefficient (Wildman–Crippen LogP) is 2.90. The smallest absolute Gasteiger partial charge is 0.129 e. The van der Waals surface area contributed by atoms with Crippen LogP contribution in [0.15, 0.2) is 18.2 Å². The SMILES string of the molecule is CNC(Cc1ccc(F)cc1F)C1CCC1. The number of nitrogens with one attached hydrogen (secondary N) is 1. The maximum atomic E-state index is 13.5. The summed E-state index contributed by atoms with van der Waals surface area (Å²) in [6.07, 6.45) is 4.35. The van der Waals surface area contributed by atoms with Crippen LogP contribution in [0.4, 0.5) is 8.78 Å². The zero-order valence-corrected chi connectivity index (χ0v) is 9.47. The van der Waals surface area contributed by atoms with Crippen molar-refractivity contribution in [1.82, 2.24) is 5.32 Å². The van der Waals surface area contributed by atoms with E-state index in [9.17, 15) is 8.78 Å². The van der Waals surface area contributed by atoms with E-state index in [4.69, 9.17) is 0 Å². The molecule has 0 aromatic heterocycles. The van der Waals surface area contributed by atoms with Crippen LogP contribution in [0.3, 0.4) is 0 Å². The molecular formula is C13H17F2N. The first-order valence-corrected chi connectivity index (χ1v) is 5.82. The van der Waals surface area contributed by atoms with Crippen LogP contribution in [0, 0.1) is 17.6 Å². The molecule has 1 aliphatic rings. The molecule has 1 fully saturated rings. The van der Waals surface area contributed by atoms with Crippen LogP contribution in [0.5, 0.6) is 0 Å². The van der Waals surface area contributed by atoms with Gasteiger partial charge in [0.2, 0.25) is 0 Å². The average molecular weight is 225 g/mol. The number of benzene rings is 1. The number of hydrogen-bond acceptors (Lipinski definition) is 1. The fraction of sp³-hybridized carbons (Fsp3) is 0.538. The Morgan fingerprint density at radius 1 is 1.38 bits per heavy atom. The Morgan fingerprint density at radius 2 is 2.12 bits per heavy atom. The molecule has 1 aromatic rings. The quantitative estimate of drug-likeness (QED) is 0.830. The molecule has 1 aliphatic carbocycles. The molecule has 88 valence electrons. The Bertz CT molecular complexity index is 361. The Labute approximate surface area is 94.9 Å². The Kier molecular flexibility index (Phi) is 3.54. The fourth-order valence-corrected chi connectivity index (χ4v) is 2.27. The van der Waals surface area contributed by atoms with Crippen LogP contribution in [0.25, 0.3) is 0 Å². The minimum absolute atomic E-state index is 0.314. The molecule has 0 radical (unpaired) electrons. The van der Waals surface area contributed by atoms with Gasteiger partial charge in [0.05, 0.1) is 0 Å². The second-order valence-electron chi connectivity index (χ2n) is 4.53. The van der Waals surface area contributed by atoms with Crippen molar-refractivity contribution in [3.05, 3.63) is 35.4 Å². The number of halogens is 2. The summed E-state index contributed by atoms with van der Waals surface area (Å²) in [6.45, 7) is 0. The third kappa shape index (κ3) is 2.40. The first kappa shape index (κ1) is 11.5. The molecule has 1 aromatic carbocycles. The van der Waals surface area contributed by atoms with Crippen LogP contribution in [0.1, 0.15) is 24.8 Å². The van der Waals surface area contributed by atoms with Crippen LogP contribution in [0.2, 0.25) is 0 Å². The molecule has 1 atom stereocenters. The van der Waals surface area contributed by atoms with Gasteiger partial charge in [-0.3, -0.25) is 0 Å². The lowest BCUT2D eigenvalue weighted by atomic mass is 9.77. The van der Waals surface area contributed by atoms with Gasteiger partial charge in [0.25, 0.3) is 0 Å². The van der Waals surface area contributed by atoms with E-state index in [0.717, 1.165) is 6.07 Å². The van der Waals surface area contributed by atoms with Crippen molar-refractivity contribution in [1.29, 1.82) is 0 Å². The van der Waals surface area contributed by atoms with E-state index < -0.39 is 11.6 Å². The highest BCUT2D eigenvalue weighted by atomic mass is 19.1. The fourth-order valence-electron chi connectivity index (χ4n) is 2.27. The molecular weight excluding hydrogens is 208 g/mol. The molecule has 0 amide bonds. The molecule has 3 heteroatoms. The second kappa shape index (κ2) is 4.91. The minimum atomic E-state index is -0.508. The third-order valence-electron chi connectivity index (χ3n) is 3.54. The highest BCUT2D eigenvalue weighted by Crippen LogP contribution is 2.31. The van der Waals surface area contributed by atoms with E-state index in [1.807, 2.05) is 7.05 Å². The second-order valence-corrected chi connectivity index (χ2v) is 4.53. The van der Waals surface area contributed by atoms with Gasteiger partial charge in [0.15, 0.2) is 0 Å². The highest BCUT2D eigenvalue weighted by molar-refractivity contribution is 5.20. The van der Waals surface area contributed by atoms with Gasteiger partial charge in [0.1, 0.15) is 11.6 Å². The summed E-state index contributed by atoms with van der Waals surface area (Å²) in [6, 6.07) is 4.15. The highest BCUT2D eigenvalue weighted by Gasteiger charge is 2.26. The van der Waals surface area contributed by atoms with Crippen molar-refractivity contribution in [3.63, 3.8) is 0 Å². The van der Waals surface area contributed by atoms with Gasteiger partial charge in [-0.15, -0.1) is 0 Å². The van der Waals surface area contributed by atoms with E-state index in [1.165, 1.54) is 25.3 Å². The third-order valence-corrected chi connectivity index (χ3v) is 3.54. The molecule has 1 nitrogen and oxygen atoms in total. The molecule has 1 saturated carbocycles. The standard InChI is InChI=1S/C13H17F2N/c1-16-13(9-3-2-4-9)7-10-5-6-11(14)8-12(10)15/h5-6,8-9,13,16H,2-4,7H2,1H3. The monoisotopic (exact) mass is 225 g/mol. The summed E-state index contributed by atoms with van der Waals surface area (Å²) in [5.41, 5.74) is 0.604. The van der Waals surface area contributed by atoms with Crippen LogP contribution >= 0.6 is 0 Å². The summed E-state index contributed by atoms with van der Waals surface area (Å²) in [5, 5.41) is 3.23. The zero-order chi connectivity index (χ0) is 11.5. The van der Waals surface area contributed by atoms with Gasteiger partial charge < -0.3 is 5.32 Å². The zero-order valence-electron chi connectivity index (χ0n) is 9.47. The summed E-state index contributed by atoms with van der Waals surface area (Å²) in [4.78, 5) is 0. The van der Waals surface area contributed by atoms with Crippen LogP contribution in [-0.2, 0) is 6.42 Å². The summed E-state index contributed by atoms with van der Waals surface area (Å²) in [7, 11) is 1.91. The normalized spacial score (nSPS) is 18.2. The van der Waals surface area contributed by atoms with Crippen molar-refractivity contribution in [2.24, 2.45) is 5.92 Å². The molecule has 2 rings (SSSR count). The lowest BCUT2D eigenvalue weighted by Crippen LogP contribution is -2.39. The molecule has 0 spiro atoms. The Morgan fingerprint density at radius 3 is 2.62 bits per heavy atom. The molecule has 0 heterocycles. The van der Waals surface area contributed by atoms with Crippen LogP contribution < -0.4 is 5.32 Å². The van der Waals surface area contributed by atoms with Crippen molar-refractivity contribution in [2.75, 3.05) is 7.05 Å². The van der Waals surface area contributed by atoms with E-state index >= 15 is 0 Å². The van der Waals surface area contributed by atoms with E-state index in [1.54, 1.807) is 6.07 Å². The van der Waals surface area contributed by atoms with Gasteiger partial charge in [-0.1, -0.05) is 12.5 Å². The molecule has 1 N–H and O–H groups in total. The maximum Gasteiger partial charge on any atom is 0.129 e. The minimum Gasteiger partial charge on any atom is -0.316 e.